The number of aliphatic imine (C=N–C) groups is 1. The number of amidine groups is 1. The molecule has 0 fully saturated rings. The van der Waals surface area contributed by atoms with E-state index in [2.05, 4.69) is 11.9 Å². The Morgan fingerprint density at radius 3 is 2.48 bits per heavy atom. The zero-order valence-electron chi connectivity index (χ0n) is 15.4. The fourth-order valence-electron chi connectivity index (χ4n) is 3.26. The Hall–Kier alpha value is 0.420. The van der Waals surface area contributed by atoms with Crippen molar-refractivity contribution >= 4 is 16.0 Å². The van der Waals surface area contributed by atoms with Crippen molar-refractivity contribution in [1.29, 1.82) is 0 Å². The molecule has 0 amide bonds. The van der Waals surface area contributed by atoms with Gasteiger partial charge in [0.25, 0.3) is 0 Å². The summed E-state index contributed by atoms with van der Waals surface area (Å²) >= 11 is 0. The monoisotopic (exact) mass is 390 g/mol. The molecule has 1 heterocycles. The van der Waals surface area contributed by atoms with Crippen molar-refractivity contribution in [2.45, 2.75) is 51.6 Å². The molecule has 0 aromatic rings. The fraction of sp³-hybridized carbons (Fsp3) is 0.933. The molecule has 2 atom stereocenters. The van der Waals surface area contributed by atoms with Crippen molar-refractivity contribution in [3.8, 4) is 0 Å². The van der Waals surface area contributed by atoms with Crippen LogP contribution in [0.15, 0.2) is 4.99 Å². The molecule has 0 radical (unpaired) electrons. The zero-order chi connectivity index (χ0) is 17.3. The van der Waals surface area contributed by atoms with Crippen molar-refractivity contribution in [2.75, 3.05) is 38.5 Å². The molecule has 0 aliphatic carbocycles. The van der Waals surface area contributed by atoms with E-state index in [4.69, 9.17) is 0 Å². The Morgan fingerprint density at radius 1 is 1.28 bits per heavy atom. The van der Waals surface area contributed by atoms with Crippen molar-refractivity contribution in [3.63, 3.8) is 0 Å². The van der Waals surface area contributed by atoms with E-state index in [0.717, 1.165) is 25.1 Å². The number of aliphatic hydroxyl groups is 2. The molecule has 25 heavy (non-hydrogen) atoms. The maximum absolute atomic E-state index is 10.8. The molecule has 2 unspecified atom stereocenters. The molecule has 0 saturated carbocycles. The van der Waals surface area contributed by atoms with Gasteiger partial charge in [-0.05, 0) is 6.42 Å². The van der Waals surface area contributed by atoms with Gasteiger partial charge in [0.2, 0.25) is 0 Å². The first kappa shape index (κ1) is 27.6. The van der Waals surface area contributed by atoms with Crippen LogP contribution in [0.2, 0.25) is 0 Å². The van der Waals surface area contributed by atoms with E-state index in [9.17, 15) is 23.2 Å². The molecule has 8 nitrogen and oxygen atoms in total. The molecule has 0 spiro atoms. The van der Waals surface area contributed by atoms with Crippen LogP contribution in [0.1, 0.15) is 45.4 Å². The first-order chi connectivity index (χ1) is 10.8. The van der Waals surface area contributed by atoms with Crippen LogP contribution in [0.25, 0.3) is 0 Å². The van der Waals surface area contributed by atoms with Gasteiger partial charge in [-0.1, -0.05) is 32.6 Å². The number of unbranched alkanes of at least 4 members (excludes halogenated alkanes) is 4. The predicted octanol–water partition coefficient (Wildman–Crippen LogP) is -2.70. The van der Waals surface area contributed by atoms with Gasteiger partial charge < -0.3 is 20.2 Å². The van der Waals surface area contributed by atoms with Crippen LogP contribution in [0, 0.1) is 0 Å². The maximum Gasteiger partial charge on any atom is 1.00 e. The first-order valence-corrected chi connectivity index (χ1v) is 10.0. The summed E-state index contributed by atoms with van der Waals surface area (Å²) in [6, 6.07) is 0. The van der Waals surface area contributed by atoms with Gasteiger partial charge in [-0.3, -0.25) is 4.48 Å². The third kappa shape index (κ3) is 10.4. The summed E-state index contributed by atoms with van der Waals surface area (Å²) in [6.45, 7) is 3.86. The standard InChI is InChI=1S/C15H30N2O5S.Na.H2O/c1-2-3-4-5-6-7-15-16-8-9-17(15,10-11-18)12-14(19)13-23(20,21)22;;/h14,18-19H,2-13H2,1H3;;1H2/q;+1;/p-1. The van der Waals surface area contributed by atoms with Gasteiger partial charge in [0.15, 0.2) is 5.84 Å². The Labute approximate surface area is 173 Å². The summed E-state index contributed by atoms with van der Waals surface area (Å²) < 4.78 is 32.8. The second-order valence-corrected chi connectivity index (χ2v) is 7.79. The average molecular weight is 390 g/mol. The summed E-state index contributed by atoms with van der Waals surface area (Å²) in [7, 11) is -4.46. The van der Waals surface area contributed by atoms with Crippen LogP contribution >= 0.6 is 0 Å². The van der Waals surface area contributed by atoms with E-state index >= 15 is 0 Å². The summed E-state index contributed by atoms with van der Waals surface area (Å²) in [5, 5.41) is 19.3. The van der Waals surface area contributed by atoms with Gasteiger partial charge in [-0.15, -0.1) is 0 Å². The van der Waals surface area contributed by atoms with Crippen LogP contribution in [0.3, 0.4) is 0 Å². The van der Waals surface area contributed by atoms with Gasteiger partial charge in [0.05, 0.1) is 29.0 Å². The van der Waals surface area contributed by atoms with Crippen LogP contribution in [0.4, 0.5) is 0 Å². The van der Waals surface area contributed by atoms with Gasteiger partial charge in [0.1, 0.15) is 25.7 Å². The molecule has 144 valence electrons. The molecule has 1 aliphatic rings. The quantitative estimate of drug-likeness (QED) is 0.161. The molecule has 3 N–H and O–H groups in total. The largest absolute Gasteiger partial charge is 1.00 e. The molecule has 1 aliphatic heterocycles. The van der Waals surface area contributed by atoms with Gasteiger partial charge in [-0.25, -0.2) is 13.4 Å². The smallest absolute Gasteiger partial charge is 0.870 e. The van der Waals surface area contributed by atoms with E-state index in [1.54, 1.807) is 0 Å². The summed E-state index contributed by atoms with van der Waals surface area (Å²) in [5.74, 6) is 0.125. The van der Waals surface area contributed by atoms with E-state index in [-0.39, 0.29) is 48.2 Å². The molecule has 0 bridgehead atoms. The predicted molar refractivity (Wildman–Crippen MR) is 90.1 cm³/mol. The van der Waals surface area contributed by atoms with Gasteiger partial charge >= 0.3 is 29.6 Å². The van der Waals surface area contributed by atoms with Crippen LogP contribution in [-0.4, -0.2) is 83.6 Å². The Balaban J connectivity index is 0. The molecular formula is C15H31N2NaO6S. The molecule has 1 rings (SSSR count). The minimum Gasteiger partial charge on any atom is -0.870 e. The van der Waals surface area contributed by atoms with Crippen LogP contribution in [0.5, 0.6) is 0 Å². The molecular weight excluding hydrogens is 359 g/mol. The van der Waals surface area contributed by atoms with Crippen molar-refractivity contribution in [3.05, 3.63) is 0 Å². The third-order valence-electron chi connectivity index (χ3n) is 4.36. The Bertz CT molecular complexity index is 488. The number of hydrogen-bond donors (Lipinski definition) is 2. The van der Waals surface area contributed by atoms with E-state index in [1.165, 1.54) is 19.3 Å². The number of nitrogens with zero attached hydrogens (tertiary/aromatic N) is 2. The van der Waals surface area contributed by atoms with Crippen molar-refractivity contribution < 1.29 is 62.7 Å². The van der Waals surface area contributed by atoms with Gasteiger partial charge in [-0.2, -0.15) is 0 Å². The third-order valence-corrected chi connectivity index (χ3v) is 5.15. The second-order valence-electron chi connectivity index (χ2n) is 6.34. The minimum absolute atomic E-state index is 0. The topological polar surface area (TPSA) is 140 Å². The Kier molecular flexibility index (Phi) is 15.0. The van der Waals surface area contributed by atoms with E-state index in [0.29, 0.717) is 24.1 Å². The van der Waals surface area contributed by atoms with Gasteiger partial charge in [0, 0.05) is 6.42 Å². The summed E-state index contributed by atoms with van der Waals surface area (Å²) in [4.78, 5) is 4.51. The molecule has 0 saturated heterocycles. The summed E-state index contributed by atoms with van der Waals surface area (Å²) in [6.07, 6.45) is 5.25. The van der Waals surface area contributed by atoms with E-state index < -0.39 is 22.0 Å². The zero-order valence-corrected chi connectivity index (χ0v) is 18.2. The van der Waals surface area contributed by atoms with Crippen LogP contribution in [-0.2, 0) is 10.1 Å². The van der Waals surface area contributed by atoms with Crippen molar-refractivity contribution in [1.82, 2.24) is 0 Å². The van der Waals surface area contributed by atoms with Crippen molar-refractivity contribution in [2.24, 2.45) is 4.99 Å². The summed E-state index contributed by atoms with van der Waals surface area (Å²) in [5.41, 5.74) is 0. The SMILES string of the molecule is CCCCCCCC1=NCC[N+]1(CCO)CC(O)CS(=O)(=O)[O-].[Na+].[OH-]. The Morgan fingerprint density at radius 2 is 1.92 bits per heavy atom. The number of quaternary nitrogens is 1. The molecule has 0 aromatic carbocycles. The number of rotatable bonds is 12. The first-order valence-electron chi connectivity index (χ1n) is 8.45. The normalized spacial score (nSPS) is 21.2. The second kappa shape index (κ2) is 13.6. The average Bonchev–Trinajstić information content (AvgIpc) is 2.79. The number of aliphatic hydroxyl groups excluding tert-OH is 2. The van der Waals surface area contributed by atoms with E-state index in [1.807, 2.05) is 0 Å². The minimum atomic E-state index is -4.46. The maximum atomic E-state index is 10.8. The van der Waals surface area contributed by atoms with Crippen LogP contribution < -0.4 is 29.6 Å². The number of hydrogen-bond acceptors (Lipinski definition) is 7. The molecule has 10 heteroatoms. The molecule has 0 aromatic heterocycles. The fourth-order valence-corrected chi connectivity index (χ4v) is 3.84.